The first kappa shape index (κ1) is 26.2. The fourth-order valence-corrected chi connectivity index (χ4v) is 7.77. The van der Waals surface area contributed by atoms with Crippen LogP contribution in [0, 0.1) is 17.8 Å². The molecular formula is C39H31N3O3. The summed E-state index contributed by atoms with van der Waals surface area (Å²) in [5.41, 5.74) is 9.59. The van der Waals surface area contributed by atoms with Crippen molar-refractivity contribution in [3.8, 4) is 28.4 Å². The molecule has 1 saturated carbocycles. The fraction of sp³-hybridized carbons (Fsp3) is 0.179. The second-order valence-electron chi connectivity index (χ2n) is 12.4. The molecule has 0 spiro atoms. The summed E-state index contributed by atoms with van der Waals surface area (Å²) in [6, 6.07) is 20.4. The Balaban J connectivity index is 1.24. The van der Waals surface area contributed by atoms with Crippen molar-refractivity contribution < 1.29 is 14.6 Å². The van der Waals surface area contributed by atoms with E-state index < -0.39 is 6.10 Å². The zero-order valence-corrected chi connectivity index (χ0v) is 24.8. The SMILES string of the molecule is C=C1c2ccccc2Oc2c1ccc(C1=C(CC3C4C=c5cc[nH]c5=CC43)Cc3ccc(OC)cc3C1O)c2-c1cncnc1. The maximum atomic E-state index is 12.3. The Kier molecular flexibility index (Phi) is 5.77. The zero-order chi connectivity index (χ0) is 30.2. The van der Waals surface area contributed by atoms with Crippen LogP contribution in [0.1, 0.15) is 40.3 Å². The summed E-state index contributed by atoms with van der Waals surface area (Å²) in [7, 11) is 1.66. The summed E-state index contributed by atoms with van der Waals surface area (Å²) in [5.74, 6) is 3.68. The van der Waals surface area contributed by atoms with Crippen molar-refractivity contribution in [1.82, 2.24) is 15.0 Å². The monoisotopic (exact) mass is 589 g/mol. The van der Waals surface area contributed by atoms with Gasteiger partial charge in [0.1, 0.15) is 29.7 Å². The van der Waals surface area contributed by atoms with Gasteiger partial charge in [-0.3, -0.25) is 0 Å². The molecule has 1 aliphatic heterocycles. The number of hydrogen-bond donors (Lipinski definition) is 2. The number of methoxy groups -OCH3 is 1. The molecule has 5 aromatic rings. The molecule has 0 amide bonds. The topological polar surface area (TPSA) is 80.3 Å². The van der Waals surface area contributed by atoms with Gasteiger partial charge in [-0.25, -0.2) is 9.97 Å². The van der Waals surface area contributed by atoms with Crippen LogP contribution in [0.4, 0.5) is 0 Å². The molecule has 3 aliphatic carbocycles. The number of allylic oxidation sites excluding steroid dienone is 1. The predicted octanol–water partition coefficient (Wildman–Crippen LogP) is 6.22. The lowest BCUT2D eigenvalue weighted by molar-refractivity contribution is 0.233. The number of aromatic amines is 1. The van der Waals surface area contributed by atoms with Gasteiger partial charge in [0.2, 0.25) is 0 Å². The lowest BCUT2D eigenvalue weighted by Gasteiger charge is -2.32. The Bertz CT molecular complexity index is 2160. The molecular weight excluding hydrogens is 558 g/mol. The third-order valence-corrected chi connectivity index (χ3v) is 10.1. The number of rotatable bonds is 5. The van der Waals surface area contributed by atoms with Crippen LogP contribution in [-0.2, 0) is 6.42 Å². The second-order valence-corrected chi connectivity index (χ2v) is 12.4. The van der Waals surface area contributed by atoms with Gasteiger partial charge in [-0.05, 0) is 94.0 Å². The van der Waals surface area contributed by atoms with Gasteiger partial charge in [0.25, 0.3) is 0 Å². The summed E-state index contributed by atoms with van der Waals surface area (Å²) < 4.78 is 12.3. The van der Waals surface area contributed by atoms with E-state index in [-0.39, 0.29) is 0 Å². The zero-order valence-electron chi connectivity index (χ0n) is 24.8. The first-order valence-corrected chi connectivity index (χ1v) is 15.4. The minimum Gasteiger partial charge on any atom is -0.497 e. The van der Waals surface area contributed by atoms with Crippen LogP contribution >= 0.6 is 0 Å². The lowest BCUT2D eigenvalue weighted by Crippen LogP contribution is -2.24. The van der Waals surface area contributed by atoms with E-state index in [1.54, 1.807) is 7.11 Å². The number of fused-ring (bicyclic) bond motifs is 5. The maximum Gasteiger partial charge on any atom is 0.143 e. The van der Waals surface area contributed by atoms with Crippen LogP contribution in [0.25, 0.3) is 34.4 Å². The minimum atomic E-state index is -0.846. The number of para-hydroxylation sites is 1. The molecule has 0 radical (unpaired) electrons. The van der Waals surface area contributed by atoms with Gasteiger partial charge in [0, 0.05) is 46.2 Å². The van der Waals surface area contributed by atoms with Crippen molar-refractivity contribution >= 4 is 23.3 Å². The number of aliphatic hydroxyl groups is 1. The minimum absolute atomic E-state index is 0.479. The number of benzene rings is 3. The van der Waals surface area contributed by atoms with E-state index in [0.29, 0.717) is 23.5 Å². The van der Waals surface area contributed by atoms with E-state index in [9.17, 15) is 5.11 Å². The lowest BCUT2D eigenvalue weighted by atomic mass is 9.76. The van der Waals surface area contributed by atoms with Gasteiger partial charge in [-0.1, -0.05) is 54.6 Å². The molecule has 0 saturated heterocycles. The summed E-state index contributed by atoms with van der Waals surface area (Å²) in [6.07, 6.45) is 12.8. The fourth-order valence-electron chi connectivity index (χ4n) is 7.77. The Morgan fingerprint density at radius 1 is 0.978 bits per heavy atom. The molecule has 2 aromatic heterocycles. The predicted molar refractivity (Wildman–Crippen MR) is 175 cm³/mol. The number of aromatic nitrogens is 3. The van der Waals surface area contributed by atoms with E-state index in [0.717, 1.165) is 74.4 Å². The Morgan fingerprint density at radius 2 is 1.80 bits per heavy atom. The molecule has 4 aliphatic rings. The highest BCUT2D eigenvalue weighted by Gasteiger charge is 2.49. The molecule has 45 heavy (non-hydrogen) atoms. The van der Waals surface area contributed by atoms with Gasteiger partial charge in [-0.15, -0.1) is 0 Å². The molecule has 0 bridgehead atoms. The Morgan fingerprint density at radius 3 is 2.67 bits per heavy atom. The highest BCUT2D eigenvalue weighted by molar-refractivity contribution is 5.96. The summed E-state index contributed by atoms with van der Waals surface area (Å²) in [5, 5.41) is 14.8. The molecule has 2 N–H and O–H groups in total. The molecule has 9 rings (SSSR count). The van der Waals surface area contributed by atoms with E-state index in [1.807, 2.05) is 55.0 Å². The molecule has 1 fully saturated rings. The smallest absolute Gasteiger partial charge is 0.143 e. The third kappa shape index (κ3) is 4.06. The maximum absolute atomic E-state index is 12.3. The van der Waals surface area contributed by atoms with Gasteiger partial charge in [0.15, 0.2) is 0 Å². The average Bonchev–Trinajstić information content (AvgIpc) is 3.50. The summed E-state index contributed by atoms with van der Waals surface area (Å²) in [4.78, 5) is 12.2. The number of hydrogen-bond acceptors (Lipinski definition) is 5. The van der Waals surface area contributed by atoms with Crippen molar-refractivity contribution in [2.75, 3.05) is 7.11 Å². The highest BCUT2D eigenvalue weighted by atomic mass is 16.5. The van der Waals surface area contributed by atoms with Gasteiger partial charge in [0.05, 0.1) is 7.11 Å². The number of aliphatic hydroxyl groups excluding tert-OH is 1. The van der Waals surface area contributed by atoms with E-state index in [1.165, 1.54) is 22.5 Å². The van der Waals surface area contributed by atoms with Crippen LogP contribution < -0.4 is 20.0 Å². The molecule has 3 aromatic carbocycles. The second kappa shape index (κ2) is 9.91. The summed E-state index contributed by atoms with van der Waals surface area (Å²) >= 11 is 0. The third-order valence-electron chi connectivity index (χ3n) is 10.1. The first-order chi connectivity index (χ1) is 22.1. The van der Waals surface area contributed by atoms with Crippen molar-refractivity contribution in [3.63, 3.8) is 0 Å². The van der Waals surface area contributed by atoms with E-state index in [2.05, 4.69) is 57.9 Å². The van der Waals surface area contributed by atoms with Gasteiger partial charge in [-0.2, -0.15) is 0 Å². The standard InChI is InChI=1S/C39H31N3O3/c1-21-27-5-3-4-6-35(27)45-39-28(21)9-10-29(37(39)25-18-40-20-41-19-25)36-24(13-22-7-8-26(44-2)16-30(22)38(36)43)15-32-31-14-23-11-12-42-34(23)17-33(31)32/h3-12,14,16-20,31-33,38,42-43H,1,13,15H2,2H3. The molecule has 6 nitrogen and oxygen atoms in total. The summed E-state index contributed by atoms with van der Waals surface area (Å²) in [6.45, 7) is 4.46. The van der Waals surface area contributed by atoms with Crippen LogP contribution in [-0.4, -0.2) is 27.2 Å². The number of H-pyrrole nitrogens is 1. The largest absolute Gasteiger partial charge is 0.497 e. The number of ether oxygens (including phenoxy) is 2. The van der Waals surface area contributed by atoms with Gasteiger partial charge >= 0.3 is 0 Å². The van der Waals surface area contributed by atoms with Crippen molar-refractivity contribution in [2.24, 2.45) is 17.8 Å². The van der Waals surface area contributed by atoms with Crippen molar-refractivity contribution in [2.45, 2.75) is 18.9 Å². The van der Waals surface area contributed by atoms with Crippen molar-refractivity contribution in [3.05, 3.63) is 136 Å². The molecule has 3 heterocycles. The van der Waals surface area contributed by atoms with Crippen molar-refractivity contribution in [1.29, 1.82) is 0 Å². The Hall–Kier alpha value is -5.20. The molecule has 4 unspecified atom stereocenters. The highest BCUT2D eigenvalue weighted by Crippen LogP contribution is 2.57. The van der Waals surface area contributed by atoms with Gasteiger partial charge < -0.3 is 19.6 Å². The average molecular weight is 590 g/mol. The van der Waals surface area contributed by atoms with E-state index in [4.69, 9.17) is 9.47 Å². The van der Waals surface area contributed by atoms with Crippen LogP contribution in [0.5, 0.6) is 17.2 Å². The number of nitrogens with zero attached hydrogens (tertiary/aromatic N) is 2. The Labute approximate surface area is 260 Å². The van der Waals surface area contributed by atoms with Crippen LogP contribution in [0.2, 0.25) is 0 Å². The van der Waals surface area contributed by atoms with E-state index >= 15 is 0 Å². The number of nitrogens with one attached hydrogen (secondary N) is 1. The molecule has 6 heteroatoms. The molecule has 4 atom stereocenters. The quantitative estimate of drug-likeness (QED) is 0.250. The molecule has 220 valence electrons. The normalized spacial score (nSPS) is 22.0. The van der Waals surface area contributed by atoms with Crippen LogP contribution in [0.3, 0.4) is 0 Å². The van der Waals surface area contributed by atoms with Crippen LogP contribution in [0.15, 0.2) is 97.7 Å². The first-order valence-electron chi connectivity index (χ1n) is 15.4.